The van der Waals surface area contributed by atoms with Crippen LogP contribution < -0.4 is 0 Å². The topological polar surface area (TPSA) is 56.7 Å². The van der Waals surface area contributed by atoms with E-state index >= 15 is 0 Å². The molecule has 0 aliphatic carbocycles. The van der Waals surface area contributed by atoms with Crippen molar-refractivity contribution in [1.82, 2.24) is 19.5 Å². The van der Waals surface area contributed by atoms with E-state index in [1.807, 2.05) is 42.5 Å². The van der Waals surface area contributed by atoms with Crippen molar-refractivity contribution in [3.8, 4) is 28.5 Å². The first-order valence-corrected chi connectivity index (χ1v) is 12.5. The van der Waals surface area contributed by atoms with Crippen LogP contribution in [0.1, 0.15) is 0 Å². The summed E-state index contributed by atoms with van der Waals surface area (Å²) in [4.78, 5) is 13.7. The van der Waals surface area contributed by atoms with E-state index in [4.69, 9.17) is 9.40 Å². The van der Waals surface area contributed by atoms with Gasteiger partial charge in [0, 0.05) is 27.1 Å². The van der Waals surface area contributed by atoms with Crippen LogP contribution in [0.25, 0.3) is 72.2 Å². The van der Waals surface area contributed by atoms with E-state index in [2.05, 4.69) is 87.3 Å². The number of fused-ring (bicyclic) bond motifs is 6. The van der Waals surface area contributed by atoms with Gasteiger partial charge in [0.2, 0.25) is 0 Å². The Morgan fingerprint density at radius 3 is 1.87 bits per heavy atom. The lowest BCUT2D eigenvalue weighted by atomic mass is 10.1. The lowest BCUT2D eigenvalue weighted by Gasteiger charge is -2.08. The molecule has 0 N–H and O–H groups in total. The van der Waals surface area contributed by atoms with Gasteiger partial charge in [-0.25, -0.2) is 15.0 Å². The molecule has 5 aromatic carbocycles. The first kappa shape index (κ1) is 20.9. The number of benzene rings is 5. The lowest BCUT2D eigenvalue weighted by molar-refractivity contribution is 0.667. The van der Waals surface area contributed by atoms with Crippen LogP contribution in [0.4, 0.5) is 0 Å². The molecule has 3 heterocycles. The summed E-state index contributed by atoms with van der Waals surface area (Å²) in [6.45, 7) is 0. The Hall–Kier alpha value is -5.29. The number of furan rings is 1. The minimum atomic E-state index is 0.585. The molecule has 0 unspecified atom stereocenters. The fourth-order valence-electron chi connectivity index (χ4n) is 5.49. The molecule has 5 nitrogen and oxygen atoms in total. The standard InChI is InChI=1S/C33H20N4O/c1-2-10-21(11-3-1)32-34-20-35-33(36-32)26-16-8-14-24-25-15-9-19-29(31(25)38-30(24)26)37-27-17-6-4-12-22(27)23-13-5-7-18-28(23)37/h1-20H. The van der Waals surface area contributed by atoms with Gasteiger partial charge in [0.1, 0.15) is 11.9 Å². The van der Waals surface area contributed by atoms with Gasteiger partial charge in [-0.2, -0.15) is 0 Å². The first-order chi connectivity index (χ1) is 18.9. The predicted molar refractivity (Wildman–Crippen MR) is 152 cm³/mol. The van der Waals surface area contributed by atoms with Crippen LogP contribution >= 0.6 is 0 Å². The summed E-state index contributed by atoms with van der Waals surface area (Å²) in [5.41, 5.74) is 6.68. The van der Waals surface area contributed by atoms with E-state index in [0.29, 0.717) is 11.6 Å². The fourth-order valence-corrected chi connectivity index (χ4v) is 5.49. The number of hydrogen-bond acceptors (Lipinski definition) is 4. The molecule has 0 aliphatic heterocycles. The van der Waals surface area contributed by atoms with Gasteiger partial charge < -0.3 is 8.98 Å². The zero-order valence-corrected chi connectivity index (χ0v) is 20.2. The number of nitrogens with zero attached hydrogens (tertiary/aromatic N) is 4. The normalized spacial score (nSPS) is 11.7. The van der Waals surface area contributed by atoms with Gasteiger partial charge in [-0.1, -0.05) is 91.0 Å². The zero-order chi connectivity index (χ0) is 25.1. The van der Waals surface area contributed by atoms with Crippen LogP contribution in [-0.2, 0) is 0 Å². The lowest BCUT2D eigenvalue weighted by Crippen LogP contribution is -1.95. The number of hydrogen-bond donors (Lipinski definition) is 0. The summed E-state index contributed by atoms with van der Waals surface area (Å²) in [5, 5.41) is 4.52. The third kappa shape index (κ3) is 3.02. The molecular weight excluding hydrogens is 468 g/mol. The van der Waals surface area contributed by atoms with Gasteiger partial charge in [-0.3, -0.25) is 0 Å². The van der Waals surface area contributed by atoms with Crippen molar-refractivity contribution in [3.05, 3.63) is 122 Å². The molecule has 0 saturated heterocycles. The number of aromatic nitrogens is 4. The van der Waals surface area contributed by atoms with Crippen molar-refractivity contribution < 1.29 is 4.42 Å². The van der Waals surface area contributed by atoms with Crippen LogP contribution in [-0.4, -0.2) is 19.5 Å². The average molecular weight is 489 g/mol. The fraction of sp³-hybridized carbons (Fsp3) is 0. The molecule has 38 heavy (non-hydrogen) atoms. The summed E-state index contributed by atoms with van der Waals surface area (Å²) in [6.07, 6.45) is 1.57. The molecule has 0 amide bonds. The van der Waals surface area contributed by atoms with Crippen LogP contribution in [0.5, 0.6) is 0 Å². The summed E-state index contributed by atoms with van der Waals surface area (Å²) >= 11 is 0. The first-order valence-electron chi connectivity index (χ1n) is 12.5. The summed E-state index contributed by atoms with van der Waals surface area (Å²) in [5.74, 6) is 1.22. The molecule has 5 heteroatoms. The summed E-state index contributed by atoms with van der Waals surface area (Å²) in [7, 11) is 0. The smallest absolute Gasteiger partial charge is 0.167 e. The minimum absolute atomic E-state index is 0.585. The molecule has 0 radical (unpaired) electrons. The van der Waals surface area contributed by atoms with Gasteiger partial charge >= 0.3 is 0 Å². The second-order valence-electron chi connectivity index (χ2n) is 9.31. The Balaban J connectivity index is 1.40. The Bertz CT molecular complexity index is 2090. The van der Waals surface area contributed by atoms with Crippen molar-refractivity contribution in [3.63, 3.8) is 0 Å². The van der Waals surface area contributed by atoms with Crippen molar-refractivity contribution in [1.29, 1.82) is 0 Å². The predicted octanol–water partition coefficient (Wildman–Crippen LogP) is 8.20. The Labute approximate surface area is 217 Å². The summed E-state index contributed by atoms with van der Waals surface area (Å²) in [6, 6.07) is 39.4. The van der Waals surface area contributed by atoms with Gasteiger partial charge in [0.25, 0.3) is 0 Å². The Kier molecular flexibility index (Phi) is 4.45. The number of para-hydroxylation sites is 4. The molecular formula is C33H20N4O. The quantitative estimate of drug-likeness (QED) is 0.251. The highest BCUT2D eigenvalue weighted by molar-refractivity contribution is 6.14. The molecule has 0 spiro atoms. The molecule has 178 valence electrons. The third-order valence-corrected chi connectivity index (χ3v) is 7.17. The van der Waals surface area contributed by atoms with Gasteiger partial charge in [0.15, 0.2) is 17.2 Å². The maximum Gasteiger partial charge on any atom is 0.167 e. The second-order valence-corrected chi connectivity index (χ2v) is 9.31. The van der Waals surface area contributed by atoms with E-state index in [1.165, 1.54) is 10.8 Å². The van der Waals surface area contributed by atoms with Crippen molar-refractivity contribution in [2.24, 2.45) is 0 Å². The summed E-state index contributed by atoms with van der Waals surface area (Å²) < 4.78 is 9.01. The van der Waals surface area contributed by atoms with Crippen molar-refractivity contribution >= 4 is 43.7 Å². The van der Waals surface area contributed by atoms with Crippen molar-refractivity contribution in [2.75, 3.05) is 0 Å². The highest BCUT2D eigenvalue weighted by atomic mass is 16.3. The van der Waals surface area contributed by atoms with Crippen LogP contribution in [0.15, 0.2) is 126 Å². The minimum Gasteiger partial charge on any atom is -0.453 e. The molecule has 0 bridgehead atoms. The van der Waals surface area contributed by atoms with E-state index in [-0.39, 0.29) is 0 Å². The second kappa shape index (κ2) is 8.11. The molecule has 0 fully saturated rings. The van der Waals surface area contributed by atoms with E-state index in [9.17, 15) is 0 Å². The highest BCUT2D eigenvalue weighted by Gasteiger charge is 2.19. The number of rotatable bonds is 3. The molecule has 0 atom stereocenters. The van der Waals surface area contributed by atoms with Gasteiger partial charge in [-0.05, 0) is 24.3 Å². The van der Waals surface area contributed by atoms with Gasteiger partial charge in [-0.15, -0.1) is 0 Å². The molecule has 3 aromatic heterocycles. The zero-order valence-electron chi connectivity index (χ0n) is 20.2. The Morgan fingerprint density at radius 1 is 0.500 bits per heavy atom. The maximum atomic E-state index is 6.72. The van der Waals surface area contributed by atoms with Crippen LogP contribution in [0.3, 0.4) is 0 Å². The van der Waals surface area contributed by atoms with Gasteiger partial charge in [0.05, 0.1) is 22.3 Å². The molecule has 0 aliphatic rings. The molecule has 8 rings (SSSR count). The Morgan fingerprint density at radius 2 is 1.11 bits per heavy atom. The molecule has 8 aromatic rings. The van der Waals surface area contributed by atoms with Crippen molar-refractivity contribution in [2.45, 2.75) is 0 Å². The third-order valence-electron chi connectivity index (χ3n) is 7.17. The van der Waals surface area contributed by atoms with E-state index in [0.717, 1.165) is 49.8 Å². The SMILES string of the molecule is c1ccc(-c2ncnc(-c3cccc4c3oc3c(-n5c6ccccc6c6ccccc65)cccc34)n2)cc1. The highest BCUT2D eigenvalue weighted by Crippen LogP contribution is 2.40. The molecule has 0 saturated carbocycles. The van der Waals surface area contributed by atoms with Crippen LogP contribution in [0, 0.1) is 0 Å². The average Bonchev–Trinajstić information content (AvgIpc) is 3.54. The maximum absolute atomic E-state index is 6.72. The van der Waals surface area contributed by atoms with E-state index < -0.39 is 0 Å². The van der Waals surface area contributed by atoms with Crippen LogP contribution in [0.2, 0.25) is 0 Å². The monoisotopic (exact) mass is 488 g/mol. The van der Waals surface area contributed by atoms with E-state index in [1.54, 1.807) is 6.33 Å². The largest absolute Gasteiger partial charge is 0.453 e.